The van der Waals surface area contributed by atoms with Crippen molar-refractivity contribution in [3.05, 3.63) is 18.2 Å². The molecule has 1 aromatic rings. The number of sulfonamides is 1. The summed E-state index contributed by atoms with van der Waals surface area (Å²) in [7, 11) is -2.35. The summed E-state index contributed by atoms with van der Waals surface area (Å²) in [5.74, 6) is -0.155. The van der Waals surface area contributed by atoms with Crippen LogP contribution in [-0.2, 0) is 14.8 Å². The molecule has 1 amide bonds. The maximum Gasteiger partial charge on any atom is 0.240 e. The van der Waals surface area contributed by atoms with Crippen LogP contribution >= 0.6 is 0 Å². The van der Waals surface area contributed by atoms with Crippen LogP contribution in [0.1, 0.15) is 13.8 Å². The van der Waals surface area contributed by atoms with E-state index in [9.17, 15) is 13.2 Å². The lowest BCUT2D eigenvalue weighted by molar-refractivity contribution is -0.128. The molecule has 0 aliphatic carbocycles. The third-order valence-corrected chi connectivity index (χ3v) is 3.83. The molecule has 0 unspecified atom stereocenters. The summed E-state index contributed by atoms with van der Waals surface area (Å²) in [5.41, 5.74) is 5.48. The number of anilines is 2. The largest absolute Gasteiger partial charge is 0.399 e. The summed E-state index contributed by atoms with van der Waals surface area (Å²) in [6.07, 6.45) is 0. The highest BCUT2D eigenvalue weighted by atomic mass is 32.2. The summed E-state index contributed by atoms with van der Waals surface area (Å²) < 4.78 is 23.0. The molecule has 0 fully saturated rings. The molecule has 6 N–H and O–H groups in total. The van der Waals surface area contributed by atoms with Gasteiger partial charge in [0.05, 0.1) is 11.1 Å². The van der Waals surface area contributed by atoms with Crippen molar-refractivity contribution in [2.45, 2.75) is 18.7 Å². The molecule has 0 heterocycles. The molecule has 1 aromatic carbocycles. The number of amides is 1. The summed E-state index contributed by atoms with van der Waals surface area (Å²) in [6, 6.07) is 4.36. The van der Waals surface area contributed by atoms with Crippen LogP contribution in [0.3, 0.4) is 0 Å². The Balaban J connectivity index is 3.03. The van der Waals surface area contributed by atoms with E-state index in [0.29, 0.717) is 11.4 Å². The zero-order valence-corrected chi connectivity index (χ0v) is 12.5. The number of benzene rings is 1. The van der Waals surface area contributed by atoms with Gasteiger partial charge in [0.15, 0.2) is 0 Å². The first-order chi connectivity index (χ1) is 9.08. The quantitative estimate of drug-likeness (QED) is 0.573. The Labute approximate surface area is 118 Å². The van der Waals surface area contributed by atoms with Crippen LogP contribution in [0.25, 0.3) is 0 Å². The minimum absolute atomic E-state index is 0.0924. The van der Waals surface area contributed by atoms with Gasteiger partial charge in [0, 0.05) is 19.3 Å². The molecule has 0 saturated heterocycles. The molecular weight excluding hydrogens is 280 g/mol. The first-order valence-corrected chi connectivity index (χ1v) is 7.51. The molecule has 0 bridgehead atoms. The number of nitrogens with two attached hydrogens (primary N) is 2. The minimum atomic E-state index is -3.89. The molecular formula is C12H20N4O3S. The van der Waals surface area contributed by atoms with Gasteiger partial charge in [0.25, 0.3) is 0 Å². The second kappa shape index (κ2) is 5.68. The Morgan fingerprint density at radius 3 is 2.45 bits per heavy atom. The number of hydrogen-bond acceptors (Lipinski definition) is 5. The number of nitrogens with one attached hydrogen (secondary N) is 2. The second-order valence-corrected chi connectivity index (χ2v) is 6.65. The molecule has 112 valence electrons. The van der Waals surface area contributed by atoms with Crippen molar-refractivity contribution in [2.75, 3.05) is 24.6 Å². The van der Waals surface area contributed by atoms with Crippen molar-refractivity contribution in [3.63, 3.8) is 0 Å². The molecule has 0 radical (unpaired) electrons. The van der Waals surface area contributed by atoms with E-state index in [2.05, 4.69) is 10.6 Å². The van der Waals surface area contributed by atoms with E-state index in [1.165, 1.54) is 12.1 Å². The third kappa shape index (κ3) is 3.84. The van der Waals surface area contributed by atoms with Crippen LogP contribution in [0, 0.1) is 5.41 Å². The molecule has 0 aliphatic heterocycles. The molecule has 0 atom stereocenters. The summed E-state index contributed by atoms with van der Waals surface area (Å²) >= 11 is 0. The van der Waals surface area contributed by atoms with Crippen molar-refractivity contribution in [1.82, 2.24) is 5.32 Å². The SMILES string of the molecule is CNC(=O)C(C)(C)CNc1ccc(N)cc1S(N)(=O)=O. The van der Waals surface area contributed by atoms with E-state index in [0.717, 1.165) is 0 Å². The van der Waals surface area contributed by atoms with E-state index in [-0.39, 0.29) is 17.3 Å². The Bertz CT molecular complexity index is 611. The first-order valence-electron chi connectivity index (χ1n) is 5.96. The number of rotatable bonds is 5. The Kier molecular flexibility index (Phi) is 4.61. The number of carbonyl (C=O) groups is 1. The summed E-state index contributed by atoms with van der Waals surface area (Å²) in [6.45, 7) is 3.73. The molecule has 0 aliphatic rings. The van der Waals surface area contributed by atoms with E-state index in [1.807, 2.05) is 0 Å². The van der Waals surface area contributed by atoms with Gasteiger partial charge < -0.3 is 16.4 Å². The number of hydrogen-bond donors (Lipinski definition) is 4. The monoisotopic (exact) mass is 300 g/mol. The molecule has 1 rings (SSSR count). The maximum absolute atomic E-state index is 11.7. The molecule has 20 heavy (non-hydrogen) atoms. The second-order valence-electron chi connectivity index (χ2n) is 5.12. The average molecular weight is 300 g/mol. The van der Waals surface area contributed by atoms with E-state index >= 15 is 0 Å². The lowest BCUT2D eigenvalue weighted by Crippen LogP contribution is -2.39. The molecule has 7 nitrogen and oxygen atoms in total. The van der Waals surface area contributed by atoms with E-state index in [4.69, 9.17) is 10.9 Å². The molecule has 0 saturated carbocycles. The Morgan fingerprint density at radius 2 is 1.95 bits per heavy atom. The van der Waals surface area contributed by atoms with Gasteiger partial charge in [0.1, 0.15) is 4.90 Å². The van der Waals surface area contributed by atoms with Gasteiger partial charge in [-0.25, -0.2) is 13.6 Å². The zero-order valence-electron chi connectivity index (χ0n) is 11.7. The smallest absolute Gasteiger partial charge is 0.240 e. The lowest BCUT2D eigenvalue weighted by Gasteiger charge is -2.24. The van der Waals surface area contributed by atoms with Crippen molar-refractivity contribution in [3.8, 4) is 0 Å². The van der Waals surface area contributed by atoms with Gasteiger partial charge in [-0.2, -0.15) is 0 Å². The fourth-order valence-corrected chi connectivity index (χ4v) is 2.40. The molecule has 0 spiro atoms. The lowest BCUT2D eigenvalue weighted by atomic mass is 9.92. The number of nitrogen functional groups attached to an aromatic ring is 1. The highest BCUT2D eigenvalue weighted by Crippen LogP contribution is 2.25. The molecule has 0 aromatic heterocycles. The van der Waals surface area contributed by atoms with Gasteiger partial charge in [-0.1, -0.05) is 0 Å². The van der Waals surface area contributed by atoms with E-state index in [1.54, 1.807) is 27.0 Å². The van der Waals surface area contributed by atoms with Gasteiger partial charge in [0.2, 0.25) is 15.9 Å². The summed E-state index contributed by atoms with van der Waals surface area (Å²) in [5, 5.41) is 10.6. The van der Waals surface area contributed by atoms with Crippen molar-refractivity contribution in [2.24, 2.45) is 10.6 Å². The average Bonchev–Trinajstić information content (AvgIpc) is 2.35. The van der Waals surface area contributed by atoms with E-state index < -0.39 is 15.4 Å². The van der Waals surface area contributed by atoms with Crippen LogP contribution in [0.5, 0.6) is 0 Å². The standard InChI is InChI=1S/C12H20N4O3S/c1-12(2,11(17)15-3)7-16-9-5-4-8(13)6-10(9)20(14,18)19/h4-6,16H,7,13H2,1-3H3,(H,15,17)(H2,14,18,19). The van der Waals surface area contributed by atoms with Gasteiger partial charge >= 0.3 is 0 Å². The van der Waals surface area contributed by atoms with Crippen molar-refractivity contribution < 1.29 is 13.2 Å². The normalized spacial score (nSPS) is 12.0. The van der Waals surface area contributed by atoms with Gasteiger partial charge in [-0.05, 0) is 32.0 Å². The number of carbonyl (C=O) groups excluding carboxylic acids is 1. The highest BCUT2D eigenvalue weighted by Gasteiger charge is 2.27. The van der Waals surface area contributed by atoms with Crippen molar-refractivity contribution in [1.29, 1.82) is 0 Å². The predicted molar refractivity (Wildman–Crippen MR) is 78.6 cm³/mol. The minimum Gasteiger partial charge on any atom is -0.399 e. The third-order valence-electron chi connectivity index (χ3n) is 2.87. The van der Waals surface area contributed by atoms with Crippen LogP contribution < -0.4 is 21.5 Å². The number of primary sulfonamides is 1. The first kappa shape index (κ1) is 16.3. The van der Waals surface area contributed by atoms with Crippen LogP contribution in [0.2, 0.25) is 0 Å². The summed E-state index contributed by atoms with van der Waals surface area (Å²) in [4.78, 5) is 11.6. The van der Waals surface area contributed by atoms with Crippen molar-refractivity contribution >= 4 is 27.3 Å². The van der Waals surface area contributed by atoms with Gasteiger partial charge in [-0.3, -0.25) is 4.79 Å². The maximum atomic E-state index is 11.7. The van der Waals surface area contributed by atoms with Crippen LogP contribution in [0.4, 0.5) is 11.4 Å². The Morgan fingerprint density at radius 1 is 1.35 bits per heavy atom. The predicted octanol–water partition coefficient (Wildman–Crippen LogP) is 0.100. The zero-order chi connectivity index (χ0) is 15.6. The fourth-order valence-electron chi connectivity index (χ4n) is 1.66. The highest BCUT2D eigenvalue weighted by molar-refractivity contribution is 7.89. The Hall–Kier alpha value is -1.80. The van der Waals surface area contributed by atoms with Crippen LogP contribution in [-0.4, -0.2) is 27.9 Å². The topological polar surface area (TPSA) is 127 Å². The fraction of sp³-hybridized carbons (Fsp3) is 0.417. The molecule has 8 heteroatoms. The van der Waals surface area contributed by atoms with Crippen LogP contribution in [0.15, 0.2) is 23.1 Å². The van der Waals surface area contributed by atoms with Gasteiger partial charge in [-0.15, -0.1) is 0 Å².